The fraction of sp³-hybridized carbons (Fsp3) is 0.125. The first-order chi connectivity index (χ1) is 5.29. The lowest BCUT2D eigenvalue weighted by molar-refractivity contribution is -0.115. The molecule has 1 aliphatic heterocycles. The van der Waals surface area contributed by atoms with E-state index in [2.05, 4.69) is 0 Å². The fourth-order valence-corrected chi connectivity index (χ4v) is 1.11. The van der Waals surface area contributed by atoms with Crippen molar-refractivity contribution in [2.24, 2.45) is 0 Å². The van der Waals surface area contributed by atoms with Crippen LogP contribution in [0.5, 0.6) is 0 Å². The van der Waals surface area contributed by atoms with Gasteiger partial charge in [-0.1, -0.05) is 18.2 Å². The summed E-state index contributed by atoms with van der Waals surface area (Å²) in [5, 5.41) is 0.954. The molecule has 0 aliphatic carbocycles. The van der Waals surface area contributed by atoms with E-state index >= 15 is 0 Å². The van der Waals surface area contributed by atoms with Gasteiger partial charge in [0.05, 0.1) is 6.42 Å². The third-order valence-corrected chi connectivity index (χ3v) is 1.58. The summed E-state index contributed by atoms with van der Waals surface area (Å²) in [5.74, 6) is -0.147. The van der Waals surface area contributed by atoms with Crippen molar-refractivity contribution in [1.29, 1.82) is 0 Å². The maximum Gasteiger partial charge on any atom is 0.228 e. The number of benzene rings is 1. The highest BCUT2D eigenvalue weighted by Crippen LogP contribution is 2.20. The number of para-hydroxylation sites is 1. The van der Waals surface area contributed by atoms with Crippen molar-refractivity contribution in [1.82, 2.24) is 0 Å². The van der Waals surface area contributed by atoms with Crippen LogP contribution in [0.1, 0.15) is 5.56 Å². The van der Waals surface area contributed by atoms with Crippen LogP contribution in [0, 0.1) is 0 Å². The van der Waals surface area contributed by atoms with E-state index in [-0.39, 0.29) is 5.91 Å². The summed E-state index contributed by atoms with van der Waals surface area (Å²) in [5.41, 5.74) is 1.67. The Morgan fingerprint density at radius 1 is 1.50 bits per heavy atom. The zero-order valence-corrected chi connectivity index (χ0v) is 5.37. The minimum atomic E-state index is -0.147. The molecule has 0 saturated heterocycles. The minimum absolute atomic E-state index is 0.147. The molecule has 1 aromatic rings. The van der Waals surface area contributed by atoms with Crippen LogP contribution in [0.4, 0.5) is 5.69 Å². The smallest absolute Gasteiger partial charge is 0.228 e. The lowest BCUT2D eigenvalue weighted by Gasteiger charge is -1.93. The van der Waals surface area contributed by atoms with Crippen LogP contribution in [0.3, 0.4) is 0 Å². The van der Waals surface area contributed by atoms with Crippen LogP contribution in [0.25, 0.3) is 0 Å². The van der Waals surface area contributed by atoms with Gasteiger partial charge in [-0.25, -0.2) is 0 Å². The molecule has 1 amide bonds. The molecule has 2 heteroatoms. The lowest BCUT2D eigenvalue weighted by atomic mass is 10.2. The predicted octanol–water partition coefficient (Wildman–Crippen LogP) is 1.18. The topological polar surface area (TPSA) is 29.1 Å². The van der Waals surface area contributed by atoms with Crippen molar-refractivity contribution in [3.05, 3.63) is 29.8 Å². The quantitative estimate of drug-likeness (QED) is 0.567. The van der Waals surface area contributed by atoms with Crippen LogP contribution >= 0.6 is 0 Å². The summed E-state index contributed by atoms with van der Waals surface area (Å²) in [7, 11) is 0. The van der Waals surface area contributed by atoms with Crippen molar-refractivity contribution in [2.75, 3.05) is 5.31 Å². The lowest BCUT2D eigenvalue weighted by Crippen LogP contribution is -2.03. The first-order valence-electron chi connectivity index (χ1n) is 3.63. The number of amides is 1. The Hall–Kier alpha value is -1.31. The van der Waals surface area contributed by atoms with Crippen molar-refractivity contribution in [2.45, 2.75) is 6.42 Å². The van der Waals surface area contributed by atoms with Crippen molar-refractivity contribution in [3.63, 3.8) is 0 Å². The number of anilines is 1. The van der Waals surface area contributed by atoms with Crippen LogP contribution in [0.2, 0.25) is 1.41 Å². The second-order valence-corrected chi connectivity index (χ2v) is 2.31. The molecule has 0 atom stereocenters. The van der Waals surface area contributed by atoms with Gasteiger partial charge in [-0.2, -0.15) is 0 Å². The average molecular weight is 134 g/mol. The van der Waals surface area contributed by atoms with Gasteiger partial charge in [0, 0.05) is 5.69 Å². The summed E-state index contributed by atoms with van der Waals surface area (Å²) >= 11 is 0. The molecule has 10 heavy (non-hydrogen) atoms. The standard InChI is InChI=1S/C8H7NO/c10-8-5-6-3-1-2-4-7(6)9-8/h1-4H,5H2,(H,9,10)/i/hD. The highest BCUT2D eigenvalue weighted by atomic mass is 16.1. The van der Waals surface area contributed by atoms with Gasteiger partial charge in [-0.15, -0.1) is 0 Å². The summed E-state index contributed by atoms with van der Waals surface area (Å²) in [4.78, 5) is 11.0. The maximum atomic E-state index is 11.0. The number of rotatable bonds is 0. The third-order valence-electron chi connectivity index (χ3n) is 1.58. The van der Waals surface area contributed by atoms with Gasteiger partial charge in [0.15, 0.2) is 1.41 Å². The van der Waals surface area contributed by atoms with Gasteiger partial charge in [-0.05, 0) is 11.6 Å². The number of carbonyl (C=O) groups excluding carboxylic acids is 1. The maximum absolute atomic E-state index is 11.0. The van der Waals surface area contributed by atoms with E-state index in [1.54, 1.807) is 6.07 Å². The second-order valence-electron chi connectivity index (χ2n) is 2.31. The molecule has 2 nitrogen and oxygen atoms in total. The monoisotopic (exact) mass is 134 g/mol. The number of hydrogen-bond acceptors (Lipinski definition) is 1. The van der Waals surface area contributed by atoms with E-state index < -0.39 is 0 Å². The normalized spacial score (nSPS) is 17.0. The molecule has 1 aromatic carbocycles. The molecule has 0 saturated carbocycles. The number of nitrogens with one attached hydrogen (secondary N) is 1. The zero-order chi connectivity index (χ0) is 7.84. The summed E-state index contributed by atoms with van der Waals surface area (Å²) in [6.07, 6.45) is 0.375. The predicted molar refractivity (Wildman–Crippen MR) is 38.8 cm³/mol. The van der Waals surface area contributed by atoms with E-state index in [1.165, 1.54) is 0 Å². The van der Waals surface area contributed by atoms with Crippen LogP contribution in [-0.4, -0.2) is 5.91 Å². The molecule has 1 aliphatic rings. The molecule has 0 radical (unpaired) electrons. The highest BCUT2D eigenvalue weighted by molar-refractivity contribution is 5.98. The third kappa shape index (κ3) is 0.692. The van der Waals surface area contributed by atoms with Gasteiger partial charge in [0.1, 0.15) is 0 Å². The molecular formula is C8H7NO. The molecule has 0 bridgehead atoms. The molecular weight excluding hydrogens is 126 g/mol. The van der Waals surface area contributed by atoms with E-state index in [1.807, 2.05) is 18.2 Å². The van der Waals surface area contributed by atoms with Gasteiger partial charge < -0.3 is 5.31 Å². The number of carbonyl (C=O) groups is 1. The number of hydrogen-bond donors (Lipinski definition) is 1. The fourth-order valence-electron chi connectivity index (χ4n) is 1.11. The average Bonchev–Trinajstić information content (AvgIpc) is 2.30. The highest BCUT2D eigenvalue weighted by Gasteiger charge is 2.15. The Labute approximate surface area is 60.3 Å². The second kappa shape index (κ2) is 1.84. The Balaban J connectivity index is 2.55. The van der Waals surface area contributed by atoms with Gasteiger partial charge >= 0.3 is 0 Å². The molecule has 2 rings (SSSR count). The van der Waals surface area contributed by atoms with Crippen molar-refractivity contribution < 1.29 is 6.21 Å². The first-order valence-corrected chi connectivity index (χ1v) is 3.19. The van der Waals surface area contributed by atoms with E-state index in [4.69, 9.17) is 1.41 Å². The van der Waals surface area contributed by atoms with Crippen molar-refractivity contribution in [3.8, 4) is 0 Å². The Morgan fingerprint density at radius 2 is 2.30 bits per heavy atom. The van der Waals surface area contributed by atoms with Crippen LogP contribution < -0.4 is 5.31 Å². The van der Waals surface area contributed by atoms with E-state index in [0.717, 1.165) is 16.6 Å². The number of fused-ring (bicyclic) bond motifs is 1. The van der Waals surface area contributed by atoms with Gasteiger partial charge in [-0.3, -0.25) is 4.79 Å². The summed E-state index contributed by atoms with van der Waals surface area (Å²) in [6.45, 7) is 0. The zero-order valence-electron chi connectivity index (χ0n) is 6.37. The summed E-state index contributed by atoms with van der Waals surface area (Å²) in [6, 6.07) is 7.37. The van der Waals surface area contributed by atoms with Crippen molar-refractivity contribution >= 4 is 11.6 Å². The van der Waals surface area contributed by atoms with E-state index in [0.29, 0.717) is 6.42 Å². The molecule has 0 unspecified atom stereocenters. The Kier molecular flexibility index (Phi) is 0.826. The SMILES string of the molecule is [2H]N1C(=O)Cc2ccccc21. The molecule has 50 valence electrons. The molecule has 1 N–H and O–H groups in total. The Morgan fingerprint density at radius 3 is 3.10 bits per heavy atom. The largest absolute Gasteiger partial charge is 0.326 e. The Bertz CT molecular complexity index is 311. The minimum Gasteiger partial charge on any atom is -0.326 e. The molecule has 1 heterocycles. The van der Waals surface area contributed by atoms with Gasteiger partial charge in [0.25, 0.3) is 0 Å². The molecule has 0 spiro atoms. The molecule has 0 aromatic heterocycles. The van der Waals surface area contributed by atoms with Crippen LogP contribution in [0.15, 0.2) is 24.3 Å². The molecule has 0 fully saturated rings. The van der Waals surface area contributed by atoms with Crippen LogP contribution in [-0.2, 0) is 11.2 Å². The van der Waals surface area contributed by atoms with E-state index in [9.17, 15) is 4.79 Å². The van der Waals surface area contributed by atoms with Gasteiger partial charge in [0.2, 0.25) is 5.91 Å². The first kappa shape index (κ1) is 4.50. The summed E-state index contributed by atoms with van der Waals surface area (Å²) < 4.78 is 7.30.